The molecule has 1 aromatic heterocycles. The van der Waals surface area contributed by atoms with Crippen molar-refractivity contribution in [1.82, 2.24) is 5.32 Å². The van der Waals surface area contributed by atoms with E-state index >= 15 is 0 Å². The van der Waals surface area contributed by atoms with Crippen LogP contribution < -0.4 is 5.32 Å². The smallest absolute Gasteiger partial charge is 0.287 e. The highest BCUT2D eigenvalue weighted by Crippen LogP contribution is 2.22. The maximum Gasteiger partial charge on any atom is 0.287 e. The van der Waals surface area contributed by atoms with E-state index in [0.29, 0.717) is 5.76 Å². The molecule has 0 aliphatic heterocycles. The van der Waals surface area contributed by atoms with E-state index in [9.17, 15) is 9.18 Å². The van der Waals surface area contributed by atoms with Crippen molar-refractivity contribution in [3.05, 3.63) is 83.9 Å². The standard InChI is InChI=1S/C21H20FNO2/c1-15(7-8-16-5-3-2-4-6-16)23-21(24)20-14-13-19(25-20)17-9-11-18(22)12-10-17/h2-6,9-15H,7-8H2,1H3,(H,23,24). The molecule has 0 aliphatic carbocycles. The highest BCUT2D eigenvalue weighted by Gasteiger charge is 2.14. The van der Waals surface area contributed by atoms with Crippen molar-refractivity contribution in [3.63, 3.8) is 0 Å². The molecule has 1 atom stereocenters. The SMILES string of the molecule is CC(CCc1ccccc1)NC(=O)c1ccc(-c2ccc(F)cc2)o1. The second-order valence-corrected chi connectivity index (χ2v) is 6.07. The number of amides is 1. The third kappa shape index (κ3) is 4.57. The predicted octanol–water partition coefficient (Wildman–Crippen LogP) is 4.84. The number of nitrogens with one attached hydrogen (secondary N) is 1. The van der Waals surface area contributed by atoms with Crippen molar-refractivity contribution in [3.8, 4) is 11.3 Å². The van der Waals surface area contributed by atoms with Gasteiger partial charge in [-0.1, -0.05) is 30.3 Å². The lowest BCUT2D eigenvalue weighted by molar-refractivity contribution is 0.0911. The van der Waals surface area contributed by atoms with Gasteiger partial charge in [-0.3, -0.25) is 4.79 Å². The van der Waals surface area contributed by atoms with E-state index in [1.165, 1.54) is 17.7 Å². The van der Waals surface area contributed by atoms with E-state index in [2.05, 4.69) is 17.4 Å². The fraction of sp³-hybridized carbons (Fsp3) is 0.190. The molecule has 3 nitrogen and oxygen atoms in total. The summed E-state index contributed by atoms with van der Waals surface area (Å²) in [6.45, 7) is 1.98. The summed E-state index contributed by atoms with van der Waals surface area (Å²) in [6.07, 6.45) is 1.75. The van der Waals surface area contributed by atoms with Crippen LogP contribution in [0.1, 0.15) is 29.5 Å². The first-order valence-electron chi connectivity index (χ1n) is 8.32. The van der Waals surface area contributed by atoms with Crippen LogP contribution in [0.5, 0.6) is 0 Å². The summed E-state index contributed by atoms with van der Waals surface area (Å²) < 4.78 is 18.6. The van der Waals surface area contributed by atoms with E-state index in [1.807, 2.05) is 25.1 Å². The predicted molar refractivity (Wildman–Crippen MR) is 95.8 cm³/mol. The van der Waals surface area contributed by atoms with Gasteiger partial charge in [0.1, 0.15) is 11.6 Å². The molecule has 1 amide bonds. The minimum atomic E-state index is -0.305. The zero-order valence-electron chi connectivity index (χ0n) is 14.0. The Hall–Kier alpha value is -2.88. The number of carbonyl (C=O) groups is 1. The molecule has 0 aliphatic rings. The largest absolute Gasteiger partial charge is 0.451 e. The van der Waals surface area contributed by atoms with Gasteiger partial charge in [-0.15, -0.1) is 0 Å². The van der Waals surface area contributed by atoms with Gasteiger partial charge in [0.2, 0.25) is 0 Å². The number of carbonyl (C=O) groups excluding carboxylic acids is 1. The normalized spacial score (nSPS) is 11.9. The van der Waals surface area contributed by atoms with E-state index < -0.39 is 0 Å². The van der Waals surface area contributed by atoms with Gasteiger partial charge in [-0.25, -0.2) is 4.39 Å². The molecule has 4 heteroatoms. The molecule has 3 aromatic rings. The lowest BCUT2D eigenvalue weighted by Gasteiger charge is -2.12. The Kier molecular flexibility index (Phi) is 5.29. The van der Waals surface area contributed by atoms with Gasteiger partial charge < -0.3 is 9.73 Å². The highest BCUT2D eigenvalue weighted by molar-refractivity contribution is 5.92. The van der Waals surface area contributed by atoms with Gasteiger partial charge in [0.25, 0.3) is 5.91 Å². The van der Waals surface area contributed by atoms with Crippen LogP contribution in [-0.4, -0.2) is 11.9 Å². The Balaban J connectivity index is 1.57. The van der Waals surface area contributed by atoms with Gasteiger partial charge in [0, 0.05) is 11.6 Å². The highest BCUT2D eigenvalue weighted by atomic mass is 19.1. The Labute approximate surface area is 146 Å². The first-order valence-corrected chi connectivity index (χ1v) is 8.32. The monoisotopic (exact) mass is 337 g/mol. The lowest BCUT2D eigenvalue weighted by Crippen LogP contribution is -2.32. The summed E-state index contributed by atoms with van der Waals surface area (Å²) in [5, 5.41) is 2.95. The van der Waals surface area contributed by atoms with Crippen molar-refractivity contribution in [2.24, 2.45) is 0 Å². The molecular formula is C21H20FNO2. The fourth-order valence-corrected chi connectivity index (χ4v) is 2.62. The van der Waals surface area contributed by atoms with Crippen molar-refractivity contribution < 1.29 is 13.6 Å². The molecule has 1 heterocycles. The average molecular weight is 337 g/mol. The summed E-state index contributed by atoms with van der Waals surface area (Å²) in [5.41, 5.74) is 1.98. The molecule has 0 spiro atoms. The minimum absolute atomic E-state index is 0.0343. The maximum absolute atomic E-state index is 13.0. The van der Waals surface area contributed by atoms with Gasteiger partial charge in [-0.05, 0) is 61.7 Å². The van der Waals surface area contributed by atoms with Crippen molar-refractivity contribution in [2.45, 2.75) is 25.8 Å². The first-order chi connectivity index (χ1) is 12.1. The van der Waals surface area contributed by atoms with Crippen molar-refractivity contribution >= 4 is 5.91 Å². The molecule has 0 radical (unpaired) electrons. The molecule has 128 valence electrons. The summed E-state index contributed by atoms with van der Waals surface area (Å²) in [6, 6.07) is 19.5. The third-order valence-corrected chi connectivity index (χ3v) is 4.04. The third-order valence-electron chi connectivity index (χ3n) is 4.04. The van der Waals surface area contributed by atoms with E-state index in [-0.39, 0.29) is 23.5 Å². The Morgan fingerprint density at radius 1 is 1.04 bits per heavy atom. The molecule has 2 aromatic carbocycles. The van der Waals surface area contributed by atoms with Crippen molar-refractivity contribution in [2.75, 3.05) is 0 Å². The molecule has 3 rings (SSSR count). The van der Waals surface area contributed by atoms with E-state index in [1.54, 1.807) is 24.3 Å². The minimum Gasteiger partial charge on any atom is -0.451 e. The van der Waals surface area contributed by atoms with Gasteiger partial charge in [-0.2, -0.15) is 0 Å². The molecule has 1 N–H and O–H groups in total. The number of aryl methyl sites for hydroxylation is 1. The summed E-state index contributed by atoms with van der Waals surface area (Å²) >= 11 is 0. The zero-order chi connectivity index (χ0) is 17.6. The molecule has 0 saturated heterocycles. The average Bonchev–Trinajstić information content (AvgIpc) is 3.12. The number of hydrogen-bond acceptors (Lipinski definition) is 2. The molecule has 0 saturated carbocycles. The number of rotatable bonds is 6. The van der Waals surface area contributed by atoms with Crippen LogP contribution in [0.15, 0.2) is 71.1 Å². The lowest BCUT2D eigenvalue weighted by atomic mass is 10.1. The summed E-state index contributed by atoms with van der Waals surface area (Å²) in [4.78, 5) is 12.3. The van der Waals surface area contributed by atoms with Gasteiger partial charge in [0.05, 0.1) is 0 Å². The molecule has 0 fully saturated rings. The van der Waals surface area contributed by atoms with Crippen LogP contribution in [0, 0.1) is 5.82 Å². The second kappa shape index (κ2) is 7.79. The summed E-state index contributed by atoms with van der Waals surface area (Å²) in [7, 11) is 0. The molecule has 25 heavy (non-hydrogen) atoms. The Morgan fingerprint density at radius 2 is 1.76 bits per heavy atom. The van der Waals surface area contributed by atoms with E-state index in [4.69, 9.17) is 4.42 Å². The Bertz CT molecular complexity index is 825. The van der Waals surface area contributed by atoms with Crippen LogP contribution in [0.2, 0.25) is 0 Å². The zero-order valence-corrected chi connectivity index (χ0v) is 14.0. The molecule has 1 unspecified atom stereocenters. The number of benzene rings is 2. The topological polar surface area (TPSA) is 42.2 Å². The molecular weight excluding hydrogens is 317 g/mol. The van der Waals surface area contributed by atoms with Crippen LogP contribution in [0.25, 0.3) is 11.3 Å². The van der Waals surface area contributed by atoms with Gasteiger partial charge in [0.15, 0.2) is 5.76 Å². The maximum atomic E-state index is 13.0. The van der Waals surface area contributed by atoms with E-state index in [0.717, 1.165) is 18.4 Å². The van der Waals surface area contributed by atoms with Crippen molar-refractivity contribution in [1.29, 1.82) is 0 Å². The fourth-order valence-electron chi connectivity index (χ4n) is 2.62. The second-order valence-electron chi connectivity index (χ2n) is 6.07. The summed E-state index contributed by atoms with van der Waals surface area (Å²) in [5.74, 6) is 0.252. The number of hydrogen-bond donors (Lipinski definition) is 1. The van der Waals surface area contributed by atoms with Crippen LogP contribution in [0.3, 0.4) is 0 Å². The van der Waals surface area contributed by atoms with Gasteiger partial charge >= 0.3 is 0 Å². The van der Waals surface area contributed by atoms with Crippen LogP contribution in [-0.2, 0) is 6.42 Å². The number of halogens is 1. The van der Waals surface area contributed by atoms with Crippen LogP contribution in [0.4, 0.5) is 4.39 Å². The number of furan rings is 1. The quantitative estimate of drug-likeness (QED) is 0.699. The Morgan fingerprint density at radius 3 is 2.48 bits per heavy atom. The van der Waals surface area contributed by atoms with Crippen LogP contribution >= 0.6 is 0 Å². The molecule has 0 bridgehead atoms. The first kappa shape index (κ1) is 17.0.